The van der Waals surface area contributed by atoms with Gasteiger partial charge in [-0.3, -0.25) is 0 Å². The number of rotatable bonds is 4. The molecule has 3 nitrogen and oxygen atoms in total. The standard InChI is InChI=1S/C8H15NO2/c1-4-7(8(10)11)9(5-2)6-3/h4H,5-6H2,1-3H3,(H,10,11)/b7-4-. The van der Waals surface area contributed by atoms with Crippen molar-refractivity contribution in [2.45, 2.75) is 20.8 Å². The Hall–Kier alpha value is -0.990. The third kappa shape index (κ3) is 2.62. The fraction of sp³-hybridized carbons (Fsp3) is 0.625. The van der Waals surface area contributed by atoms with Crippen molar-refractivity contribution in [2.24, 2.45) is 0 Å². The second-order valence-electron chi connectivity index (χ2n) is 2.15. The normalized spacial score (nSPS) is 11.4. The molecule has 0 fully saturated rings. The van der Waals surface area contributed by atoms with Gasteiger partial charge in [0.15, 0.2) is 0 Å². The molecule has 64 valence electrons. The Morgan fingerprint density at radius 3 is 2.00 bits per heavy atom. The predicted molar refractivity (Wildman–Crippen MR) is 44.3 cm³/mol. The van der Waals surface area contributed by atoms with Gasteiger partial charge in [-0.05, 0) is 20.8 Å². The van der Waals surface area contributed by atoms with Gasteiger partial charge in [-0.15, -0.1) is 0 Å². The van der Waals surface area contributed by atoms with E-state index in [0.717, 1.165) is 13.1 Å². The molecule has 3 heteroatoms. The summed E-state index contributed by atoms with van der Waals surface area (Å²) in [5.74, 6) is -0.851. The molecular formula is C8H15NO2. The van der Waals surface area contributed by atoms with Crippen LogP contribution in [0.25, 0.3) is 0 Å². The second-order valence-corrected chi connectivity index (χ2v) is 2.15. The highest BCUT2D eigenvalue weighted by atomic mass is 16.4. The van der Waals surface area contributed by atoms with E-state index in [2.05, 4.69) is 0 Å². The minimum absolute atomic E-state index is 0.384. The molecule has 0 unspecified atom stereocenters. The zero-order chi connectivity index (χ0) is 8.85. The third-order valence-electron chi connectivity index (χ3n) is 1.60. The summed E-state index contributed by atoms with van der Waals surface area (Å²) >= 11 is 0. The number of carboxylic acid groups (broad SMARTS) is 1. The van der Waals surface area contributed by atoms with Crippen LogP contribution in [-0.2, 0) is 4.79 Å². The smallest absolute Gasteiger partial charge is 0.351 e. The van der Waals surface area contributed by atoms with Crippen LogP contribution in [0.1, 0.15) is 20.8 Å². The Morgan fingerprint density at radius 1 is 1.45 bits per heavy atom. The van der Waals surface area contributed by atoms with Gasteiger partial charge in [0.2, 0.25) is 0 Å². The molecule has 0 aliphatic rings. The van der Waals surface area contributed by atoms with Gasteiger partial charge in [-0.2, -0.15) is 0 Å². The van der Waals surface area contributed by atoms with Crippen LogP contribution < -0.4 is 0 Å². The van der Waals surface area contributed by atoms with Gasteiger partial charge in [0.1, 0.15) is 5.70 Å². The molecule has 11 heavy (non-hydrogen) atoms. The first-order chi connectivity index (χ1) is 5.17. The maximum atomic E-state index is 10.6. The average molecular weight is 157 g/mol. The van der Waals surface area contributed by atoms with Crippen LogP contribution in [0.4, 0.5) is 0 Å². The molecule has 0 aromatic carbocycles. The van der Waals surface area contributed by atoms with Crippen LogP contribution >= 0.6 is 0 Å². The maximum Gasteiger partial charge on any atom is 0.351 e. The summed E-state index contributed by atoms with van der Waals surface area (Å²) in [7, 11) is 0. The van der Waals surface area contributed by atoms with E-state index >= 15 is 0 Å². The van der Waals surface area contributed by atoms with E-state index in [1.54, 1.807) is 13.0 Å². The molecule has 0 heterocycles. The lowest BCUT2D eigenvalue weighted by atomic mass is 10.3. The SMILES string of the molecule is C/C=C(/C(=O)O)N(CC)CC. The van der Waals surface area contributed by atoms with Gasteiger partial charge in [0.05, 0.1) is 0 Å². The van der Waals surface area contributed by atoms with Crippen LogP contribution in [0.15, 0.2) is 11.8 Å². The largest absolute Gasteiger partial charge is 0.477 e. The van der Waals surface area contributed by atoms with Crippen LogP contribution in [0, 0.1) is 0 Å². The predicted octanol–water partition coefficient (Wildman–Crippen LogP) is 1.32. The number of carbonyl (C=O) groups is 1. The highest BCUT2D eigenvalue weighted by Gasteiger charge is 2.10. The van der Waals surface area contributed by atoms with Gasteiger partial charge in [-0.1, -0.05) is 6.08 Å². The lowest BCUT2D eigenvalue weighted by Crippen LogP contribution is -2.26. The minimum Gasteiger partial charge on any atom is -0.477 e. The molecule has 0 amide bonds. The first kappa shape index (κ1) is 10.0. The highest BCUT2D eigenvalue weighted by molar-refractivity contribution is 5.85. The van der Waals surface area contributed by atoms with Crippen molar-refractivity contribution >= 4 is 5.97 Å². The summed E-state index contributed by atoms with van der Waals surface area (Å²) in [5, 5.41) is 8.70. The Balaban J connectivity index is 4.36. The van der Waals surface area contributed by atoms with E-state index in [4.69, 9.17) is 5.11 Å². The summed E-state index contributed by atoms with van der Waals surface area (Å²) in [6.45, 7) is 7.10. The van der Waals surface area contributed by atoms with Gasteiger partial charge >= 0.3 is 5.97 Å². The molecule has 0 atom stereocenters. The molecule has 0 aliphatic heterocycles. The summed E-state index contributed by atoms with van der Waals surface area (Å²) in [6, 6.07) is 0. The van der Waals surface area contributed by atoms with Crippen LogP contribution in [0.5, 0.6) is 0 Å². The van der Waals surface area contributed by atoms with E-state index in [-0.39, 0.29) is 0 Å². The lowest BCUT2D eigenvalue weighted by Gasteiger charge is -2.20. The summed E-state index contributed by atoms with van der Waals surface area (Å²) in [5.41, 5.74) is 0.384. The third-order valence-corrected chi connectivity index (χ3v) is 1.60. The number of carboxylic acids is 1. The van der Waals surface area contributed by atoms with Gasteiger partial charge in [0, 0.05) is 13.1 Å². The molecule has 0 aromatic rings. The van der Waals surface area contributed by atoms with Crippen LogP contribution in [0.3, 0.4) is 0 Å². The summed E-state index contributed by atoms with van der Waals surface area (Å²) in [6.07, 6.45) is 1.62. The molecule has 0 aliphatic carbocycles. The van der Waals surface area contributed by atoms with Crippen molar-refractivity contribution in [1.82, 2.24) is 4.90 Å². The zero-order valence-corrected chi connectivity index (χ0v) is 7.29. The minimum atomic E-state index is -0.851. The van der Waals surface area contributed by atoms with Crippen molar-refractivity contribution in [1.29, 1.82) is 0 Å². The number of likely N-dealkylation sites (N-methyl/N-ethyl adjacent to an activating group) is 1. The monoisotopic (exact) mass is 157 g/mol. The topological polar surface area (TPSA) is 40.5 Å². The number of hydrogen-bond donors (Lipinski definition) is 1. The molecule has 1 N–H and O–H groups in total. The number of hydrogen-bond acceptors (Lipinski definition) is 2. The Morgan fingerprint density at radius 2 is 1.91 bits per heavy atom. The first-order valence-corrected chi connectivity index (χ1v) is 3.81. The summed E-state index contributed by atoms with van der Waals surface area (Å²) < 4.78 is 0. The second kappa shape index (κ2) is 4.77. The molecule has 0 radical (unpaired) electrons. The van der Waals surface area contributed by atoms with E-state index < -0.39 is 5.97 Å². The van der Waals surface area contributed by atoms with Crippen molar-refractivity contribution in [2.75, 3.05) is 13.1 Å². The summed E-state index contributed by atoms with van der Waals surface area (Å²) in [4.78, 5) is 12.4. The van der Waals surface area contributed by atoms with Gasteiger partial charge < -0.3 is 10.0 Å². The van der Waals surface area contributed by atoms with E-state index in [0.29, 0.717) is 5.70 Å². The molecule has 0 saturated heterocycles. The highest BCUT2D eigenvalue weighted by Crippen LogP contribution is 2.02. The average Bonchev–Trinajstić information content (AvgIpc) is 1.99. The van der Waals surface area contributed by atoms with E-state index in [1.807, 2.05) is 18.7 Å². The Labute approximate surface area is 67.3 Å². The van der Waals surface area contributed by atoms with Crippen LogP contribution in [0.2, 0.25) is 0 Å². The quantitative estimate of drug-likeness (QED) is 0.625. The van der Waals surface area contributed by atoms with Crippen molar-refractivity contribution in [3.05, 3.63) is 11.8 Å². The fourth-order valence-electron chi connectivity index (χ4n) is 1.01. The molecule has 0 spiro atoms. The van der Waals surface area contributed by atoms with Gasteiger partial charge in [-0.25, -0.2) is 4.79 Å². The number of aliphatic carboxylic acids is 1. The van der Waals surface area contributed by atoms with Crippen molar-refractivity contribution in [3.8, 4) is 0 Å². The molecular weight excluding hydrogens is 142 g/mol. The lowest BCUT2D eigenvalue weighted by molar-refractivity contribution is -0.134. The van der Waals surface area contributed by atoms with Crippen molar-refractivity contribution in [3.63, 3.8) is 0 Å². The first-order valence-electron chi connectivity index (χ1n) is 3.81. The zero-order valence-electron chi connectivity index (χ0n) is 7.29. The van der Waals surface area contributed by atoms with E-state index in [9.17, 15) is 4.79 Å². The number of nitrogens with zero attached hydrogens (tertiary/aromatic N) is 1. The molecule has 0 rings (SSSR count). The molecule has 0 aromatic heterocycles. The van der Waals surface area contributed by atoms with E-state index in [1.165, 1.54) is 0 Å². The molecule has 0 bridgehead atoms. The van der Waals surface area contributed by atoms with Crippen molar-refractivity contribution < 1.29 is 9.90 Å². The Bertz CT molecular complexity index is 159. The van der Waals surface area contributed by atoms with Crippen LogP contribution in [-0.4, -0.2) is 29.1 Å². The molecule has 0 saturated carbocycles. The fourth-order valence-corrected chi connectivity index (χ4v) is 1.01. The Kier molecular flexibility index (Phi) is 4.34. The maximum absolute atomic E-state index is 10.6. The van der Waals surface area contributed by atoms with Gasteiger partial charge in [0.25, 0.3) is 0 Å². The number of allylic oxidation sites excluding steroid dienone is 1.